The first-order valence-corrected chi connectivity index (χ1v) is 10.6. The smallest absolute Gasteiger partial charge is 0.235 e. The van der Waals surface area contributed by atoms with Gasteiger partial charge in [0, 0.05) is 5.69 Å². The van der Waals surface area contributed by atoms with Crippen molar-refractivity contribution in [2.75, 3.05) is 11.1 Å². The van der Waals surface area contributed by atoms with Gasteiger partial charge >= 0.3 is 0 Å². The van der Waals surface area contributed by atoms with Crippen LogP contribution in [0.5, 0.6) is 0 Å². The van der Waals surface area contributed by atoms with Gasteiger partial charge in [-0.2, -0.15) is 4.52 Å². The van der Waals surface area contributed by atoms with E-state index in [4.69, 9.17) is 5.73 Å². The topological polar surface area (TPSA) is 98.2 Å². The molecule has 0 aliphatic heterocycles. The summed E-state index contributed by atoms with van der Waals surface area (Å²) in [6.45, 7) is 8.26. The lowest BCUT2D eigenvalue weighted by Gasteiger charge is -2.10. The van der Waals surface area contributed by atoms with Crippen LogP contribution in [0.4, 0.5) is 5.69 Å². The molecule has 0 fully saturated rings. The maximum atomic E-state index is 12.3. The Morgan fingerprint density at radius 3 is 2.81 bits per heavy atom. The Morgan fingerprint density at radius 2 is 2.11 bits per heavy atom. The number of hydrogen-bond acceptors (Lipinski definition) is 7. The molecule has 3 N–H and O–H groups in total. The number of amides is 1. The Morgan fingerprint density at radius 1 is 1.33 bits per heavy atom. The monoisotopic (exact) mass is 404 g/mol. The fourth-order valence-electron chi connectivity index (χ4n) is 2.78. The molecule has 0 aliphatic carbocycles. The standard InChI is InChI=1S/C18H24N6OS2/c1-10(2)7-13(19)16-21-22-17-24(16)23-18(27-17)26-9-15(25)20-14-6-5-11(3)8-12(14)4/h5-6,8,10,13H,7,9,19H2,1-4H3,(H,20,25)/t13-/m0/s1. The number of aromatic nitrogens is 4. The molecule has 3 rings (SSSR count). The molecular formula is C18H24N6OS2. The fraction of sp³-hybridized carbons (Fsp3) is 0.444. The summed E-state index contributed by atoms with van der Waals surface area (Å²) in [7, 11) is 0. The van der Waals surface area contributed by atoms with E-state index in [1.807, 2.05) is 32.0 Å². The molecule has 2 aromatic heterocycles. The highest BCUT2D eigenvalue weighted by atomic mass is 32.2. The van der Waals surface area contributed by atoms with E-state index < -0.39 is 0 Å². The molecule has 0 radical (unpaired) electrons. The van der Waals surface area contributed by atoms with Crippen LogP contribution >= 0.6 is 23.1 Å². The molecule has 1 amide bonds. The van der Waals surface area contributed by atoms with Crippen LogP contribution in [0.3, 0.4) is 0 Å². The molecule has 3 aromatic rings. The lowest BCUT2D eigenvalue weighted by molar-refractivity contribution is -0.113. The number of fused-ring (bicyclic) bond motifs is 1. The van der Waals surface area contributed by atoms with Gasteiger partial charge in [0.2, 0.25) is 10.9 Å². The Labute approximate surface area is 166 Å². The van der Waals surface area contributed by atoms with E-state index in [1.54, 1.807) is 4.52 Å². The highest BCUT2D eigenvalue weighted by Gasteiger charge is 2.19. The van der Waals surface area contributed by atoms with Crippen molar-refractivity contribution < 1.29 is 4.79 Å². The molecular weight excluding hydrogens is 380 g/mol. The molecule has 144 valence electrons. The Balaban J connectivity index is 1.63. The van der Waals surface area contributed by atoms with Crippen LogP contribution in [-0.2, 0) is 4.79 Å². The third kappa shape index (κ3) is 4.85. The number of carbonyl (C=O) groups excluding carboxylic acids is 1. The highest BCUT2D eigenvalue weighted by Crippen LogP contribution is 2.27. The van der Waals surface area contributed by atoms with Gasteiger partial charge in [-0.3, -0.25) is 4.79 Å². The molecule has 0 saturated heterocycles. The van der Waals surface area contributed by atoms with Crippen LogP contribution in [0, 0.1) is 19.8 Å². The molecule has 27 heavy (non-hydrogen) atoms. The molecule has 0 spiro atoms. The number of anilines is 1. The molecule has 1 aromatic carbocycles. The summed E-state index contributed by atoms with van der Waals surface area (Å²) in [6.07, 6.45) is 0.819. The first-order valence-electron chi connectivity index (χ1n) is 8.81. The van der Waals surface area contributed by atoms with Gasteiger partial charge in [-0.25, -0.2) is 0 Å². The van der Waals surface area contributed by atoms with Gasteiger partial charge < -0.3 is 11.1 Å². The van der Waals surface area contributed by atoms with Crippen LogP contribution in [0.25, 0.3) is 4.96 Å². The normalized spacial score (nSPS) is 12.7. The zero-order valence-corrected chi connectivity index (χ0v) is 17.5. The third-order valence-corrected chi connectivity index (χ3v) is 6.07. The predicted molar refractivity (Wildman–Crippen MR) is 110 cm³/mol. The van der Waals surface area contributed by atoms with E-state index in [0.29, 0.717) is 16.7 Å². The van der Waals surface area contributed by atoms with Crippen molar-refractivity contribution in [3.63, 3.8) is 0 Å². The molecule has 0 aliphatic rings. The van der Waals surface area contributed by atoms with Crippen molar-refractivity contribution in [3.05, 3.63) is 35.2 Å². The van der Waals surface area contributed by atoms with E-state index in [2.05, 4.69) is 34.5 Å². The second kappa shape index (κ2) is 8.37. The van der Waals surface area contributed by atoms with Gasteiger partial charge in [0.1, 0.15) is 0 Å². The summed E-state index contributed by atoms with van der Waals surface area (Å²) in [5.74, 6) is 1.36. The minimum absolute atomic E-state index is 0.0605. The number of aryl methyl sites for hydroxylation is 2. The minimum Gasteiger partial charge on any atom is -0.325 e. The number of benzene rings is 1. The molecule has 1 atom stereocenters. The zero-order chi connectivity index (χ0) is 19.6. The highest BCUT2D eigenvalue weighted by molar-refractivity contribution is 8.01. The largest absolute Gasteiger partial charge is 0.325 e. The number of nitrogens with one attached hydrogen (secondary N) is 1. The van der Waals surface area contributed by atoms with Crippen LogP contribution in [0.15, 0.2) is 22.5 Å². The summed E-state index contributed by atoms with van der Waals surface area (Å²) >= 11 is 2.80. The Bertz CT molecular complexity index is 949. The van der Waals surface area contributed by atoms with Crippen molar-refractivity contribution in [2.24, 2.45) is 11.7 Å². The van der Waals surface area contributed by atoms with Gasteiger partial charge in [-0.1, -0.05) is 54.6 Å². The number of rotatable bonds is 7. The van der Waals surface area contributed by atoms with Gasteiger partial charge in [-0.15, -0.1) is 15.3 Å². The molecule has 2 heterocycles. The third-order valence-electron chi connectivity index (χ3n) is 4.04. The van der Waals surface area contributed by atoms with Gasteiger partial charge in [0.25, 0.3) is 0 Å². The molecule has 0 unspecified atom stereocenters. The second-order valence-electron chi connectivity index (χ2n) is 7.01. The summed E-state index contributed by atoms with van der Waals surface area (Å²) in [4.78, 5) is 13.0. The Hall–Kier alpha value is -1.97. The quantitative estimate of drug-likeness (QED) is 0.584. The number of nitrogens with zero attached hydrogens (tertiary/aromatic N) is 4. The second-order valence-corrected chi connectivity index (χ2v) is 9.19. The van der Waals surface area contributed by atoms with Gasteiger partial charge in [0.05, 0.1) is 11.8 Å². The van der Waals surface area contributed by atoms with Crippen molar-refractivity contribution in [3.8, 4) is 0 Å². The molecule has 0 saturated carbocycles. The van der Waals surface area contributed by atoms with Crippen molar-refractivity contribution in [2.45, 2.75) is 44.5 Å². The zero-order valence-electron chi connectivity index (χ0n) is 15.9. The number of hydrogen-bond donors (Lipinski definition) is 2. The van der Waals surface area contributed by atoms with Crippen molar-refractivity contribution in [1.29, 1.82) is 0 Å². The van der Waals surface area contributed by atoms with Crippen molar-refractivity contribution >= 4 is 39.7 Å². The summed E-state index contributed by atoms with van der Waals surface area (Å²) in [5.41, 5.74) is 9.28. The first kappa shape index (κ1) is 19.8. The fourth-order valence-corrected chi connectivity index (χ4v) is 4.47. The number of carbonyl (C=O) groups is 1. The molecule has 9 heteroatoms. The van der Waals surface area contributed by atoms with Crippen LogP contribution in [0.2, 0.25) is 0 Å². The summed E-state index contributed by atoms with van der Waals surface area (Å²) < 4.78 is 2.47. The van der Waals surface area contributed by atoms with E-state index in [9.17, 15) is 4.79 Å². The van der Waals surface area contributed by atoms with Gasteiger partial charge in [0.15, 0.2) is 10.2 Å². The van der Waals surface area contributed by atoms with E-state index in [-0.39, 0.29) is 17.7 Å². The van der Waals surface area contributed by atoms with E-state index >= 15 is 0 Å². The Kier molecular flexibility index (Phi) is 6.13. The minimum atomic E-state index is -0.201. The van der Waals surface area contributed by atoms with Crippen LogP contribution in [-0.4, -0.2) is 31.5 Å². The first-order chi connectivity index (χ1) is 12.8. The van der Waals surface area contributed by atoms with E-state index in [0.717, 1.165) is 22.0 Å². The number of nitrogens with two attached hydrogens (primary N) is 1. The maximum absolute atomic E-state index is 12.3. The average Bonchev–Trinajstić information content (AvgIpc) is 3.14. The molecule has 0 bridgehead atoms. The average molecular weight is 405 g/mol. The lowest BCUT2D eigenvalue weighted by Crippen LogP contribution is -2.17. The SMILES string of the molecule is Cc1ccc(NC(=O)CSc2nn3c([C@@H](N)CC(C)C)nnc3s2)c(C)c1. The van der Waals surface area contributed by atoms with Crippen molar-refractivity contribution in [1.82, 2.24) is 19.8 Å². The summed E-state index contributed by atoms with van der Waals surface area (Å²) in [5, 5.41) is 15.8. The lowest BCUT2D eigenvalue weighted by atomic mass is 10.0. The maximum Gasteiger partial charge on any atom is 0.235 e. The predicted octanol–water partition coefficient (Wildman–Crippen LogP) is 3.58. The summed E-state index contributed by atoms with van der Waals surface area (Å²) in [6, 6.07) is 5.76. The van der Waals surface area contributed by atoms with E-state index in [1.165, 1.54) is 28.7 Å². The van der Waals surface area contributed by atoms with Gasteiger partial charge in [-0.05, 0) is 37.8 Å². The van der Waals surface area contributed by atoms with Crippen LogP contribution in [0.1, 0.15) is 43.3 Å². The van der Waals surface area contributed by atoms with Crippen LogP contribution < -0.4 is 11.1 Å². The molecule has 7 nitrogen and oxygen atoms in total. The number of thioether (sulfide) groups is 1.